The molecule has 0 radical (unpaired) electrons. The Morgan fingerprint density at radius 1 is 1.33 bits per heavy atom. The van der Waals surface area contributed by atoms with E-state index in [0.717, 1.165) is 25.2 Å². The first-order valence-electron chi connectivity index (χ1n) is 8.12. The molecule has 1 aromatic heterocycles. The molecule has 3 rings (SSSR count). The van der Waals surface area contributed by atoms with E-state index in [4.69, 9.17) is 4.74 Å². The van der Waals surface area contributed by atoms with Gasteiger partial charge in [-0.05, 0) is 54.6 Å². The van der Waals surface area contributed by atoms with Crippen LogP contribution in [-0.2, 0) is 17.7 Å². The van der Waals surface area contributed by atoms with Crippen molar-refractivity contribution in [1.29, 1.82) is 0 Å². The van der Waals surface area contributed by atoms with E-state index in [9.17, 15) is 4.79 Å². The molecule has 0 aliphatic carbocycles. The van der Waals surface area contributed by atoms with Gasteiger partial charge in [0, 0.05) is 36.5 Å². The molecular weight excluding hydrogens is 322 g/mol. The number of benzene rings is 1. The molecule has 1 atom stereocenters. The van der Waals surface area contributed by atoms with E-state index in [2.05, 4.69) is 39.1 Å². The zero-order chi connectivity index (χ0) is 16.9. The van der Waals surface area contributed by atoms with Crippen LogP contribution in [-0.4, -0.2) is 32.3 Å². The number of anilines is 2. The van der Waals surface area contributed by atoms with E-state index in [1.807, 2.05) is 30.4 Å². The van der Waals surface area contributed by atoms with Gasteiger partial charge in [-0.25, -0.2) is 4.79 Å². The van der Waals surface area contributed by atoms with Crippen LogP contribution in [0.5, 0.6) is 0 Å². The van der Waals surface area contributed by atoms with Crippen LogP contribution < -0.4 is 15.5 Å². The number of nitrogens with one attached hydrogen (secondary N) is 2. The lowest BCUT2D eigenvalue weighted by atomic mass is 10.1. The lowest BCUT2D eigenvalue weighted by Gasteiger charge is -2.29. The van der Waals surface area contributed by atoms with Gasteiger partial charge >= 0.3 is 6.03 Å². The fraction of sp³-hybridized carbons (Fsp3) is 0.389. The number of carbonyl (C=O) groups excluding carboxylic acids is 1. The second kappa shape index (κ2) is 7.68. The molecule has 2 aromatic rings. The van der Waals surface area contributed by atoms with E-state index < -0.39 is 0 Å². The predicted octanol–water partition coefficient (Wildman–Crippen LogP) is 3.47. The molecule has 0 bridgehead atoms. The molecule has 0 spiro atoms. The van der Waals surface area contributed by atoms with Crippen molar-refractivity contribution in [2.45, 2.75) is 25.9 Å². The highest BCUT2D eigenvalue weighted by Crippen LogP contribution is 2.28. The van der Waals surface area contributed by atoms with Gasteiger partial charge in [0.2, 0.25) is 0 Å². The van der Waals surface area contributed by atoms with Gasteiger partial charge in [-0.1, -0.05) is 0 Å². The third-order valence-electron chi connectivity index (χ3n) is 4.09. The Bertz CT molecular complexity index is 684. The Morgan fingerprint density at radius 2 is 2.12 bits per heavy atom. The molecule has 2 amide bonds. The summed E-state index contributed by atoms with van der Waals surface area (Å²) in [5.74, 6) is 0. The Morgan fingerprint density at radius 3 is 2.88 bits per heavy atom. The summed E-state index contributed by atoms with van der Waals surface area (Å²) in [5, 5.41) is 7.85. The Hall–Kier alpha value is -2.05. The lowest BCUT2D eigenvalue weighted by molar-refractivity contribution is 0.173. The van der Waals surface area contributed by atoms with Gasteiger partial charge in [0.25, 0.3) is 0 Å². The summed E-state index contributed by atoms with van der Waals surface area (Å²) in [6.45, 7) is 4.39. The van der Waals surface area contributed by atoms with Crippen LogP contribution in [0.2, 0.25) is 0 Å². The third kappa shape index (κ3) is 4.07. The monoisotopic (exact) mass is 345 g/mol. The molecule has 1 aliphatic heterocycles. The maximum Gasteiger partial charge on any atom is 0.319 e. The van der Waals surface area contributed by atoms with Gasteiger partial charge in [0.05, 0.1) is 12.6 Å². The number of rotatable bonds is 5. The highest BCUT2D eigenvalue weighted by molar-refractivity contribution is 7.10. The third-order valence-corrected chi connectivity index (χ3v) is 5.12. The number of thiophene rings is 1. The topological polar surface area (TPSA) is 53.6 Å². The number of fused-ring (bicyclic) bond motifs is 1. The maximum absolute atomic E-state index is 11.9. The SMILES string of the molecule is COCC(C)NC(=O)Nc1ccc(N2CCc3sccc3C2)cc1. The summed E-state index contributed by atoms with van der Waals surface area (Å²) >= 11 is 1.85. The minimum Gasteiger partial charge on any atom is -0.383 e. The molecular formula is C18H23N3O2S. The zero-order valence-corrected chi connectivity index (χ0v) is 14.9. The van der Waals surface area contributed by atoms with Crippen molar-refractivity contribution >= 4 is 28.7 Å². The van der Waals surface area contributed by atoms with Crippen LogP contribution in [0.3, 0.4) is 0 Å². The van der Waals surface area contributed by atoms with Crippen molar-refractivity contribution in [1.82, 2.24) is 5.32 Å². The number of methoxy groups -OCH3 is 1. The lowest BCUT2D eigenvalue weighted by Crippen LogP contribution is -2.38. The van der Waals surface area contributed by atoms with Crippen LogP contribution in [0.15, 0.2) is 35.7 Å². The van der Waals surface area contributed by atoms with Crippen molar-refractivity contribution in [3.8, 4) is 0 Å². The summed E-state index contributed by atoms with van der Waals surface area (Å²) < 4.78 is 5.01. The minimum absolute atomic E-state index is 0.0255. The average molecular weight is 345 g/mol. The summed E-state index contributed by atoms with van der Waals surface area (Å²) in [4.78, 5) is 15.8. The molecule has 128 valence electrons. The van der Waals surface area contributed by atoms with E-state index in [0.29, 0.717) is 6.61 Å². The smallest absolute Gasteiger partial charge is 0.319 e. The molecule has 1 aromatic carbocycles. The van der Waals surface area contributed by atoms with Gasteiger partial charge in [-0.2, -0.15) is 0 Å². The van der Waals surface area contributed by atoms with Crippen molar-refractivity contribution in [2.24, 2.45) is 0 Å². The van der Waals surface area contributed by atoms with Crippen molar-refractivity contribution in [3.05, 3.63) is 46.2 Å². The molecule has 1 aliphatic rings. The highest BCUT2D eigenvalue weighted by Gasteiger charge is 2.17. The predicted molar refractivity (Wildman–Crippen MR) is 99.0 cm³/mol. The summed E-state index contributed by atoms with van der Waals surface area (Å²) in [6, 6.07) is 9.98. The van der Waals surface area contributed by atoms with Crippen LogP contribution >= 0.6 is 11.3 Å². The molecule has 0 saturated heterocycles. The Labute approximate surface area is 146 Å². The number of urea groups is 1. The average Bonchev–Trinajstić information content (AvgIpc) is 3.03. The minimum atomic E-state index is -0.215. The fourth-order valence-corrected chi connectivity index (χ4v) is 3.80. The molecule has 0 saturated carbocycles. The van der Waals surface area contributed by atoms with Crippen molar-refractivity contribution in [2.75, 3.05) is 30.5 Å². The molecule has 0 fully saturated rings. The number of carbonyl (C=O) groups is 1. The first-order chi connectivity index (χ1) is 11.7. The van der Waals surface area contributed by atoms with Crippen LogP contribution in [0.4, 0.5) is 16.2 Å². The van der Waals surface area contributed by atoms with E-state index in [1.165, 1.54) is 16.1 Å². The second-order valence-corrected chi connectivity index (χ2v) is 7.04. The Balaban J connectivity index is 1.57. The van der Waals surface area contributed by atoms with Crippen LogP contribution in [0.25, 0.3) is 0 Å². The quantitative estimate of drug-likeness (QED) is 0.872. The molecule has 2 heterocycles. The standard InChI is InChI=1S/C18H23N3O2S/c1-13(12-23-2)19-18(22)20-15-3-5-16(6-4-15)21-9-7-17-14(11-21)8-10-24-17/h3-6,8,10,13H,7,9,11-12H2,1-2H3,(H2,19,20,22). The van der Waals surface area contributed by atoms with Crippen molar-refractivity contribution in [3.63, 3.8) is 0 Å². The van der Waals surface area contributed by atoms with Gasteiger partial charge in [0.15, 0.2) is 0 Å². The fourth-order valence-electron chi connectivity index (χ4n) is 2.91. The number of hydrogen-bond acceptors (Lipinski definition) is 4. The maximum atomic E-state index is 11.9. The summed E-state index contributed by atoms with van der Waals surface area (Å²) in [5.41, 5.74) is 3.40. The van der Waals surface area contributed by atoms with Crippen molar-refractivity contribution < 1.29 is 9.53 Å². The van der Waals surface area contributed by atoms with Gasteiger partial charge in [-0.3, -0.25) is 0 Å². The number of hydrogen-bond donors (Lipinski definition) is 2. The molecule has 24 heavy (non-hydrogen) atoms. The van der Waals surface area contributed by atoms with E-state index >= 15 is 0 Å². The van der Waals surface area contributed by atoms with E-state index in [1.54, 1.807) is 7.11 Å². The Kier molecular flexibility index (Phi) is 5.37. The summed E-state index contributed by atoms with van der Waals surface area (Å²) in [6.07, 6.45) is 1.10. The van der Waals surface area contributed by atoms with E-state index in [-0.39, 0.29) is 12.1 Å². The highest BCUT2D eigenvalue weighted by atomic mass is 32.1. The van der Waals surface area contributed by atoms with Crippen LogP contribution in [0, 0.1) is 0 Å². The zero-order valence-electron chi connectivity index (χ0n) is 14.0. The molecule has 1 unspecified atom stereocenters. The van der Waals surface area contributed by atoms with Gasteiger partial charge in [0.1, 0.15) is 0 Å². The molecule has 6 heteroatoms. The first-order valence-corrected chi connectivity index (χ1v) is 9.00. The number of amides is 2. The number of ether oxygens (including phenoxy) is 1. The largest absolute Gasteiger partial charge is 0.383 e. The normalized spacial score (nSPS) is 14.8. The molecule has 2 N–H and O–H groups in total. The number of nitrogens with zero attached hydrogens (tertiary/aromatic N) is 1. The van der Waals surface area contributed by atoms with Gasteiger partial charge in [-0.15, -0.1) is 11.3 Å². The molecule has 5 nitrogen and oxygen atoms in total. The second-order valence-electron chi connectivity index (χ2n) is 6.04. The summed E-state index contributed by atoms with van der Waals surface area (Å²) in [7, 11) is 1.62. The van der Waals surface area contributed by atoms with Crippen LogP contribution in [0.1, 0.15) is 17.4 Å². The van der Waals surface area contributed by atoms with Gasteiger partial charge < -0.3 is 20.3 Å². The first kappa shape index (κ1) is 16.8.